The van der Waals surface area contributed by atoms with Crippen LogP contribution in [-0.4, -0.2) is 34.7 Å². The molecule has 1 fully saturated rings. The first-order valence-corrected chi connectivity index (χ1v) is 7.69. The molecule has 1 spiro atoms. The van der Waals surface area contributed by atoms with Crippen molar-refractivity contribution in [3.8, 4) is 0 Å². The van der Waals surface area contributed by atoms with Crippen LogP contribution < -0.4 is 5.32 Å². The summed E-state index contributed by atoms with van der Waals surface area (Å²) >= 11 is 0. The van der Waals surface area contributed by atoms with Gasteiger partial charge in [0.25, 0.3) is 6.17 Å². The molecule has 1 aromatic rings. The number of amides is 1. The molecule has 2 heterocycles. The van der Waals surface area contributed by atoms with Crippen LogP contribution in [0.5, 0.6) is 0 Å². The molecule has 3 atom stereocenters. The average molecular weight is 317 g/mol. The van der Waals surface area contributed by atoms with E-state index in [0.29, 0.717) is 11.3 Å². The van der Waals surface area contributed by atoms with Crippen molar-refractivity contribution in [3.63, 3.8) is 0 Å². The van der Waals surface area contributed by atoms with Crippen LogP contribution in [0, 0.1) is 17.8 Å². The molecule has 1 saturated heterocycles. The predicted molar refractivity (Wildman–Crippen MR) is 83.9 cm³/mol. The van der Waals surface area contributed by atoms with Crippen molar-refractivity contribution in [1.29, 1.82) is 0 Å². The molecule has 1 unspecified atom stereocenters. The van der Waals surface area contributed by atoms with E-state index in [1.54, 1.807) is 6.92 Å². The molecule has 0 aromatic heterocycles. The van der Waals surface area contributed by atoms with Crippen LogP contribution in [0.2, 0.25) is 0 Å². The van der Waals surface area contributed by atoms with E-state index in [-0.39, 0.29) is 24.9 Å². The van der Waals surface area contributed by atoms with Gasteiger partial charge in [0.2, 0.25) is 5.91 Å². The summed E-state index contributed by atoms with van der Waals surface area (Å²) in [5.41, 5.74) is -1.91. The van der Waals surface area contributed by atoms with Gasteiger partial charge in [-0.1, -0.05) is 0 Å². The molecule has 0 aliphatic carbocycles. The Balaban J connectivity index is 2.14. The molecule has 2 aliphatic rings. The number of carbonyl (C=O) groups is 1. The predicted octanol–water partition coefficient (Wildman–Crippen LogP) is 2.33. The van der Waals surface area contributed by atoms with Crippen molar-refractivity contribution >= 4 is 11.6 Å². The number of fused-ring (bicyclic) bond motifs is 1. The third-order valence-electron chi connectivity index (χ3n) is 5.30. The Kier molecular flexibility index (Phi) is 3.47. The fraction of sp³-hybridized carbons (Fsp3) is 0.529. The Morgan fingerprint density at radius 1 is 1.52 bits per heavy atom. The zero-order chi connectivity index (χ0) is 17.0. The van der Waals surface area contributed by atoms with E-state index in [1.165, 1.54) is 18.2 Å². The SMILES string of the molecule is [C-]#[N+][C@@H]1C[C@@]2(CN1C(C)C)C(=O)Nc1ccc(F)cc1C2(C)O. The quantitative estimate of drug-likeness (QED) is 0.782. The van der Waals surface area contributed by atoms with Gasteiger partial charge >= 0.3 is 0 Å². The van der Waals surface area contributed by atoms with Crippen LogP contribution >= 0.6 is 0 Å². The molecular formula is C17H20FN3O2. The second-order valence-corrected chi connectivity index (χ2v) is 6.88. The van der Waals surface area contributed by atoms with E-state index in [4.69, 9.17) is 6.57 Å². The highest BCUT2D eigenvalue weighted by Crippen LogP contribution is 2.54. The lowest BCUT2D eigenvalue weighted by Gasteiger charge is -2.45. The van der Waals surface area contributed by atoms with Gasteiger partial charge in [-0.15, -0.1) is 0 Å². The number of rotatable bonds is 1. The van der Waals surface area contributed by atoms with Crippen LogP contribution in [0.1, 0.15) is 32.8 Å². The summed E-state index contributed by atoms with van der Waals surface area (Å²) in [6.07, 6.45) is -0.244. The maximum atomic E-state index is 13.7. The monoisotopic (exact) mass is 317 g/mol. The summed E-state index contributed by atoms with van der Waals surface area (Å²) in [7, 11) is 0. The minimum absolute atomic E-state index is 0.0750. The highest BCUT2D eigenvalue weighted by Gasteiger charge is 2.64. The number of hydrogen-bond acceptors (Lipinski definition) is 3. The van der Waals surface area contributed by atoms with Gasteiger partial charge in [-0.2, -0.15) is 0 Å². The minimum atomic E-state index is -1.54. The molecule has 5 nitrogen and oxygen atoms in total. The zero-order valence-corrected chi connectivity index (χ0v) is 13.4. The molecule has 0 radical (unpaired) electrons. The van der Waals surface area contributed by atoms with Crippen LogP contribution in [0.3, 0.4) is 0 Å². The van der Waals surface area contributed by atoms with E-state index in [1.807, 2.05) is 18.7 Å². The van der Waals surface area contributed by atoms with E-state index in [9.17, 15) is 14.3 Å². The third-order valence-corrected chi connectivity index (χ3v) is 5.30. The van der Waals surface area contributed by atoms with Crippen LogP contribution in [-0.2, 0) is 10.4 Å². The molecule has 1 amide bonds. The summed E-state index contributed by atoms with van der Waals surface area (Å²) < 4.78 is 13.7. The van der Waals surface area contributed by atoms with Crippen LogP contribution in [0.25, 0.3) is 4.85 Å². The molecule has 6 heteroatoms. The first kappa shape index (κ1) is 15.9. The average Bonchev–Trinajstić information content (AvgIpc) is 2.89. The number of benzene rings is 1. The Labute approximate surface area is 134 Å². The molecule has 0 bridgehead atoms. The maximum absolute atomic E-state index is 13.7. The standard InChI is InChI=1S/C17H20FN3O2/c1-10(2)21-9-17(8-14(21)19-4)15(22)20-13-6-5-11(18)7-12(13)16(17,3)23/h5-7,10,14,23H,8-9H2,1-3H3,(H,20,22)/t14-,16?,17+/m0/s1. The van der Waals surface area contributed by atoms with Crippen molar-refractivity contribution in [3.05, 3.63) is 41.0 Å². The molecule has 2 aliphatic heterocycles. The molecule has 122 valence electrons. The molecule has 1 aromatic carbocycles. The highest BCUT2D eigenvalue weighted by atomic mass is 19.1. The number of carbonyl (C=O) groups excluding carboxylic acids is 1. The van der Waals surface area contributed by atoms with E-state index in [2.05, 4.69) is 10.2 Å². The topological polar surface area (TPSA) is 56.9 Å². The molecule has 2 N–H and O–H groups in total. The highest BCUT2D eigenvalue weighted by molar-refractivity contribution is 6.00. The van der Waals surface area contributed by atoms with Gasteiger partial charge in [0, 0.05) is 23.8 Å². The van der Waals surface area contributed by atoms with Gasteiger partial charge in [0.15, 0.2) is 0 Å². The number of nitrogens with one attached hydrogen (secondary N) is 1. The summed E-state index contributed by atoms with van der Waals surface area (Å²) in [5.74, 6) is -0.769. The largest absolute Gasteiger partial charge is 0.384 e. The van der Waals surface area contributed by atoms with Crippen LogP contribution in [0.15, 0.2) is 18.2 Å². The molecule has 3 rings (SSSR count). The smallest absolute Gasteiger partial charge is 0.281 e. The summed E-state index contributed by atoms with van der Waals surface area (Å²) in [6.45, 7) is 13.1. The maximum Gasteiger partial charge on any atom is 0.281 e. The van der Waals surface area contributed by atoms with Crippen molar-refractivity contribution in [2.75, 3.05) is 11.9 Å². The first-order chi connectivity index (χ1) is 10.7. The van der Waals surface area contributed by atoms with Crippen molar-refractivity contribution in [2.24, 2.45) is 5.41 Å². The number of likely N-dealkylation sites (tertiary alicyclic amines) is 1. The molecular weight excluding hydrogens is 297 g/mol. The van der Waals surface area contributed by atoms with Gasteiger partial charge in [-0.05, 0) is 39.0 Å². The van der Waals surface area contributed by atoms with Crippen molar-refractivity contribution < 1.29 is 14.3 Å². The zero-order valence-electron chi connectivity index (χ0n) is 13.4. The van der Waals surface area contributed by atoms with Crippen molar-refractivity contribution in [2.45, 2.75) is 45.0 Å². The lowest BCUT2D eigenvalue weighted by atomic mass is 9.65. The fourth-order valence-corrected chi connectivity index (χ4v) is 3.82. The second-order valence-electron chi connectivity index (χ2n) is 6.88. The summed E-state index contributed by atoms with van der Waals surface area (Å²) in [6, 6.07) is 4.06. The van der Waals surface area contributed by atoms with Gasteiger partial charge in [-0.25, -0.2) is 15.9 Å². The van der Waals surface area contributed by atoms with Crippen molar-refractivity contribution in [1.82, 2.24) is 4.90 Å². The van der Waals surface area contributed by atoms with E-state index < -0.39 is 23.0 Å². The number of halogens is 1. The summed E-state index contributed by atoms with van der Waals surface area (Å²) in [5, 5.41) is 14.0. The Hall–Kier alpha value is -1.97. The third kappa shape index (κ3) is 2.07. The van der Waals surface area contributed by atoms with E-state index >= 15 is 0 Å². The Bertz CT molecular complexity index is 710. The number of nitrogens with zero attached hydrogens (tertiary/aromatic N) is 2. The lowest BCUT2D eigenvalue weighted by Crippen LogP contribution is -2.56. The minimum Gasteiger partial charge on any atom is -0.384 e. The summed E-state index contributed by atoms with van der Waals surface area (Å²) in [4.78, 5) is 18.4. The van der Waals surface area contributed by atoms with Gasteiger partial charge in [-0.3, -0.25) is 9.64 Å². The lowest BCUT2D eigenvalue weighted by molar-refractivity contribution is -0.145. The number of aliphatic hydroxyl groups is 1. The Morgan fingerprint density at radius 2 is 2.22 bits per heavy atom. The van der Waals surface area contributed by atoms with Gasteiger partial charge in [0.05, 0.1) is 6.42 Å². The Morgan fingerprint density at radius 3 is 2.78 bits per heavy atom. The number of hydrogen-bond donors (Lipinski definition) is 2. The van der Waals surface area contributed by atoms with Crippen LogP contribution in [0.4, 0.5) is 10.1 Å². The first-order valence-electron chi connectivity index (χ1n) is 7.69. The molecule has 23 heavy (non-hydrogen) atoms. The second kappa shape index (κ2) is 5.02. The molecule has 0 saturated carbocycles. The number of anilines is 1. The van der Waals surface area contributed by atoms with Gasteiger partial charge in [0.1, 0.15) is 16.8 Å². The van der Waals surface area contributed by atoms with E-state index in [0.717, 1.165) is 0 Å². The fourth-order valence-electron chi connectivity index (χ4n) is 3.82. The van der Waals surface area contributed by atoms with Gasteiger partial charge < -0.3 is 10.4 Å². The normalized spacial score (nSPS) is 33.6.